The smallest absolute Gasteiger partial charge is 0.337 e. The molecule has 7 heteroatoms. The molecule has 0 fully saturated rings. The van der Waals surface area contributed by atoms with Crippen LogP contribution >= 0.6 is 11.3 Å². The Balaban J connectivity index is 1.98. The lowest BCUT2D eigenvalue weighted by Gasteiger charge is -2.07. The molecule has 4 N–H and O–H groups in total. The summed E-state index contributed by atoms with van der Waals surface area (Å²) in [4.78, 5) is 29.4. The zero-order valence-electron chi connectivity index (χ0n) is 13.7. The third-order valence-corrected chi connectivity index (χ3v) is 4.93. The number of nitrogen functional groups attached to an aromatic ring is 1. The molecule has 2 heterocycles. The summed E-state index contributed by atoms with van der Waals surface area (Å²) in [5.74, 6) is -1.28. The Morgan fingerprint density at radius 2 is 1.92 bits per heavy atom. The molecule has 0 aliphatic heterocycles. The maximum atomic E-state index is 12.6. The van der Waals surface area contributed by atoms with Crippen LogP contribution in [0.3, 0.4) is 0 Å². The van der Waals surface area contributed by atoms with Gasteiger partial charge in [-0.3, -0.25) is 4.79 Å². The lowest BCUT2D eigenvalue weighted by molar-refractivity contribution is 0.0698. The Morgan fingerprint density at radius 3 is 2.60 bits per heavy atom. The maximum Gasteiger partial charge on any atom is 0.337 e. The Kier molecular flexibility index (Phi) is 4.41. The lowest BCUT2D eigenvalue weighted by Crippen LogP contribution is -2.14. The van der Waals surface area contributed by atoms with E-state index in [0.717, 1.165) is 11.1 Å². The van der Waals surface area contributed by atoms with Crippen molar-refractivity contribution < 1.29 is 14.7 Å². The summed E-state index contributed by atoms with van der Waals surface area (Å²) in [6.45, 7) is 4.09. The van der Waals surface area contributed by atoms with Crippen LogP contribution in [0.15, 0.2) is 36.4 Å². The van der Waals surface area contributed by atoms with E-state index in [9.17, 15) is 14.7 Å². The van der Waals surface area contributed by atoms with E-state index >= 15 is 0 Å². The second-order valence-corrected chi connectivity index (χ2v) is 6.89. The van der Waals surface area contributed by atoms with Crippen LogP contribution in [0, 0.1) is 0 Å². The van der Waals surface area contributed by atoms with Gasteiger partial charge < -0.3 is 16.2 Å². The number of thiophene rings is 1. The van der Waals surface area contributed by atoms with Crippen LogP contribution in [0.1, 0.15) is 45.5 Å². The van der Waals surface area contributed by atoms with Gasteiger partial charge in [0.25, 0.3) is 5.91 Å². The minimum Gasteiger partial charge on any atom is -0.478 e. The molecule has 128 valence electrons. The van der Waals surface area contributed by atoms with Gasteiger partial charge >= 0.3 is 5.97 Å². The molecule has 0 bridgehead atoms. The van der Waals surface area contributed by atoms with Crippen LogP contribution in [0.25, 0.3) is 10.2 Å². The van der Waals surface area contributed by atoms with Crippen LogP contribution in [0.5, 0.6) is 0 Å². The van der Waals surface area contributed by atoms with E-state index in [-0.39, 0.29) is 17.2 Å². The minimum atomic E-state index is -1.11. The number of anilines is 2. The number of fused-ring (bicyclic) bond motifs is 1. The molecule has 25 heavy (non-hydrogen) atoms. The van der Waals surface area contributed by atoms with Crippen LogP contribution < -0.4 is 11.1 Å². The zero-order valence-corrected chi connectivity index (χ0v) is 14.6. The highest BCUT2D eigenvalue weighted by Gasteiger charge is 2.20. The topological polar surface area (TPSA) is 105 Å². The van der Waals surface area contributed by atoms with Gasteiger partial charge in [-0.1, -0.05) is 26.0 Å². The Hall–Kier alpha value is -2.93. The van der Waals surface area contributed by atoms with Gasteiger partial charge in [-0.05, 0) is 30.2 Å². The van der Waals surface area contributed by atoms with E-state index < -0.39 is 11.9 Å². The highest BCUT2D eigenvalue weighted by Crippen LogP contribution is 2.34. The summed E-state index contributed by atoms with van der Waals surface area (Å²) in [6.07, 6.45) is 0. The molecule has 0 saturated carbocycles. The number of aromatic carboxylic acids is 1. The standard InChI is InChI=1S/C18H17N3O3S/c1-9(2)12-8-7-11-14(19)15(25-17(11)21-12)16(22)20-13-6-4-3-5-10(13)18(23)24/h3-9H,19H2,1-2H3,(H,20,22)(H,23,24). The fraction of sp³-hybridized carbons (Fsp3) is 0.167. The van der Waals surface area contributed by atoms with E-state index in [1.165, 1.54) is 17.4 Å². The molecule has 3 rings (SSSR count). The van der Waals surface area contributed by atoms with Gasteiger partial charge in [0.1, 0.15) is 9.71 Å². The second-order valence-electron chi connectivity index (χ2n) is 5.89. The first-order valence-corrected chi connectivity index (χ1v) is 8.52. The molecule has 1 aromatic carbocycles. The van der Waals surface area contributed by atoms with Gasteiger partial charge in [0.2, 0.25) is 0 Å². The number of hydrogen-bond donors (Lipinski definition) is 3. The molecule has 2 aromatic heterocycles. The molecule has 3 aromatic rings. The number of carboxylic acid groups (broad SMARTS) is 1. The summed E-state index contributed by atoms with van der Waals surface area (Å²) >= 11 is 1.20. The predicted molar refractivity (Wildman–Crippen MR) is 99.5 cm³/mol. The van der Waals surface area contributed by atoms with Crippen LogP contribution in [-0.4, -0.2) is 22.0 Å². The molecule has 0 saturated heterocycles. The number of nitrogens with one attached hydrogen (secondary N) is 1. The normalized spacial score (nSPS) is 11.0. The summed E-state index contributed by atoms with van der Waals surface area (Å²) in [6, 6.07) is 10.0. The highest BCUT2D eigenvalue weighted by molar-refractivity contribution is 7.21. The maximum absolute atomic E-state index is 12.6. The number of nitrogens with zero attached hydrogens (tertiary/aromatic N) is 1. The van der Waals surface area contributed by atoms with Crippen molar-refractivity contribution >= 4 is 44.8 Å². The number of benzene rings is 1. The summed E-state index contributed by atoms with van der Waals surface area (Å²) in [5, 5.41) is 12.6. The van der Waals surface area contributed by atoms with Gasteiger partial charge in [-0.15, -0.1) is 11.3 Å². The molecule has 0 atom stereocenters. The monoisotopic (exact) mass is 355 g/mol. The summed E-state index contributed by atoms with van der Waals surface area (Å²) in [5.41, 5.74) is 7.65. The second kappa shape index (κ2) is 6.52. The average Bonchev–Trinajstić information content (AvgIpc) is 2.91. The highest BCUT2D eigenvalue weighted by atomic mass is 32.1. The number of carbonyl (C=O) groups excluding carboxylic acids is 1. The number of carboxylic acids is 1. The third-order valence-electron chi connectivity index (χ3n) is 3.82. The third kappa shape index (κ3) is 3.18. The molecular formula is C18H17N3O3S. The molecule has 0 aliphatic rings. The molecule has 6 nitrogen and oxygen atoms in total. The van der Waals surface area contributed by atoms with Crippen molar-refractivity contribution in [3.63, 3.8) is 0 Å². The van der Waals surface area contributed by atoms with E-state index in [2.05, 4.69) is 10.3 Å². The van der Waals surface area contributed by atoms with E-state index in [0.29, 0.717) is 15.4 Å². The summed E-state index contributed by atoms with van der Waals surface area (Å²) < 4.78 is 0. The quantitative estimate of drug-likeness (QED) is 0.657. The largest absolute Gasteiger partial charge is 0.478 e. The molecule has 0 spiro atoms. The van der Waals surface area contributed by atoms with E-state index in [1.807, 2.05) is 26.0 Å². The van der Waals surface area contributed by atoms with Crippen molar-refractivity contribution in [3.05, 3.63) is 52.5 Å². The number of amides is 1. The number of nitrogens with two attached hydrogens (primary N) is 1. The first kappa shape index (κ1) is 16.9. The Bertz CT molecular complexity index is 979. The number of hydrogen-bond acceptors (Lipinski definition) is 5. The van der Waals surface area contributed by atoms with Crippen molar-refractivity contribution in [3.8, 4) is 0 Å². The Morgan fingerprint density at radius 1 is 1.20 bits per heavy atom. The molecule has 0 radical (unpaired) electrons. The number of aromatic nitrogens is 1. The average molecular weight is 355 g/mol. The zero-order chi connectivity index (χ0) is 18.1. The van der Waals surface area contributed by atoms with Crippen molar-refractivity contribution in [1.82, 2.24) is 4.98 Å². The van der Waals surface area contributed by atoms with E-state index in [4.69, 9.17) is 5.73 Å². The number of para-hydroxylation sites is 1. The Labute approximate surface area is 148 Å². The SMILES string of the molecule is CC(C)c1ccc2c(N)c(C(=O)Nc3ccccc3C(=O)O)sc2n1. The fourth-order valence-corrected chi connectivity index (χ4v) is 3.46. The lowest BCUT2D eigenvalue weighted by atomic mass is 10.1. The summed E-state index contributed by atoms with van der Waals surface area (Å²) in [7, 11) is 0. The van der Waals surface area contributed by atoms with Crippen LogP contribution in [0.2, 0.25) is 0 Å². The first-order valence-electron chi connectivity index (χ1n) is 7.71. The van der Waals surface area contributed by atoms with Gasteiger partial charge in [0.05, 0.1) is 16.9 Å². The number of carbonyl (C=O) groups is 2. The molecule has 0 aliphatic carbocycles. The van der Waals surface area contributed by atoms with Crippen molar-refractivity contribution in [2.75, 3.05) is 11.1 Å². The van der Waals surface area contributed by atoms with Crippen molar-refractivity contribution in [1.29, 1.82) is 0 Å². The van der Waals surface area contributed by atoms with Crippen molar-refractivity contribution in [2.24, 2.45) is 0 Å². The van der Waals surface area contributed by atoms with Crippen molar-refractivity contribution in [2.45, 2.75) is 19.8 Å². The van der Waals surface area contributed by atoms with Gasteiger partial charge in [0.15, 0.2) is 0 Å². The van der Waals surface area contributed by atoms with E-state index in [1.54, 1.807) is 18.2 Å². The minimum absolute atomic E-state index is 0.0238. The fourth-order valence-electron chi connectivity index (χ4n) is 2.46. The first-order chi connectivity index (χ1) is 11.9. The predicted octanol–water partition coefficient (Wildman–Crippen LogP) is 3.95. The van der Waals surface area contributed by atoms with Gasteiger partial charge in [-0.25, -0.2) is 9.78 Å². The molecule has 0 unspecified atom stereocenters. The van der Waals surface area contributed by atoms with Gasteiger partial charge in [0, 0.05) is 11.1 Å². The molecular weight excluding hydrogens is 338 g/mol. The molecule has 1 amide bonds. The number of pyridine rings is 1. The van der Waals surface area contributed by atoms with Crippen LogP contribution in [0.4, 0.5) is 11.4 Å². The van der Waals surface area contributed by atoms with Gasteiger partial charge in [-0.2, -0.15) is 0 Å². The van der Waals surface area contributed by atoms with Crippen LogP contribution in [-0.2, 0) is 0 Å². The number of rotatable bonds is 4.